The molecule has 1 aromatic heterocycles. The molecule has 140 valence electrons. The Morgan fingerprint density at radius 2 is 2.00 bits per heavy atom. The van der Waals surface area contributed by atoms with Crippen LogP contribution in [-0.2, 0) is 17.8 Å². The highest BCUT2D eigenvalue weighted by atomic mass is 35.5. The van der Waals surface area contributed by atoms with Crippen molar-refractivity contribution in [3.63, 3.8) is 0 Å². The first-order valence-corrected chi connectivity index (χ1v) is 9.28. The van der Waals surface area contributed by atoms with E-state index in [1.165, 1.54) is 6.08 Å². The summed E-state index contributed by atoms with van der Waals surface area (Å²) in [6, 6.07) is 15.5. The number of imidazole rings is 1. The average Bonchev–Trinajstić information content (AvgIpc) is 3.04. The van der Waals surface area contributed by atoms with Gasteiger partial charge in [0.05, 0.1) is 22.7 Å². The number of amides is 1. The number of hydrogen-bond donors (Lipinski definition) is 1. The molecule has 3 rings (SSSR count). The van der Waals surface area contributed by atoms with E-state index in [0.717, 1.165) is 29.8 Å². The normalized spacial score (nSPS) is 10.7. The van der Waals surface area contributed by atoms with Gasteiger partial charge in [0.2, 0.25) is 5.91 Å². The minimum atomic E-state index is -0.175. The summed E-state index contributed by atoms with van der Waals surface area (Å²) < 4.78 is 7.97. The molecule has 6 heteroatoms. The second kappa shape index (κ2) is 9.24. The van der Waals surface area contributed by atoms with E-state index >= 15 is 0 Å². The number of nitrogens with zero attached hydrogens (tertiary/aromatic N) is 2. The van der Waals surface area contributed by atoms with Crippen molar-refractivity contribution < 1.29 is 9.53 Å². The van der Waals surface area contributed by atoms with Crippen LogP contribution in [0, 0.1) is 0 Å². The molecular weight excluding hydrogens is 362 g/mol. The summed E-state index contributed by atoms with van der Waals surface area (Å²) in [4.78, 5) is 16.1. The number of aryl methyl sites for hydroxylation is 1. The molecular formula is C21H22ClN3O2. The van der Waals surface area contributed by atoms with Crippen molar-refractivity contribution in [3.8, 4) is 5.75 Å². The van der Waals surface area contributed by atoms with Crippen LogP contribution in [0.25, 0.3) is 11.0 Å². The Balaban J connectivity index is 1.64. The summed E-state index contributed by atoms with van der Waals surface area (Å²) in [7, 11) is 0. The van der Waals surface area contributed by atoms with Gasteiger partial charge in [-0.05, 0) is 36.8 Å². The average molecular weight is 384 g/mol. The fourth-order valence-electron chi connectivity index (χ4n) is 2.90. The molecule has 0 bridgehead atoms. The van der Waals surface area contributed by atoms with Crippen molar-refractivity contribution in [3.05, 3.63) is 72.0 Å². The Morgan fingerprint density at radius 1 is 1.22 bits per heavy atom. The Bertz CT molecular complexity index is 936. The number of para-hydroxylation sites is 3. The predicted molar refractivity (Wildman–Crippen MR) is 108 cm³/mol. The third kappa shape index (κ3) is 4.89. The lowest BCUT2D eigenvalue weighted by atomic mass is 10.3. The molecule has 0 unspecified atom stereocenters. The summed E-state index contributed by atoms with van der Waals surface area (Å²) >= 11 is 6.12. The topological polar surface area (TPSA) is 56.2 Å². The predicted octanol–water partition coefficient (Wildman–Crippen LogP) is 4.00. The molecule has 27 heavy (non-hydrogen) atoms. The van der Waals surface area contributed by atoms with Gasteiger partial charge in [0.25, 0.3) is 0 Å². The Kier molecular flexibility index (Phi) is 6.49. The molecule has 1 heterocycles. The molecule has 0 aliphatic heterocycles. The number of benzene rings is 2. The number of nitrogens with one attached hydrogen (secondary N) is 1. The largest absolute Gasteiger partial charge is 0.492 e. The highest BCUT2D eigenvalue weighted by Crippen LogP contribution is 2.23. The number of hydrogen-bond acceptors (Lipinski definition) is 3. The maximum atomic E-state index is 11.3. The second-order valence-corrected chi connectivity index (χ2v) is 6.45. The fourth-order valence-corrected chi connectivity index (χ4v) is 3.09. The number of rotatable bonds is 9. The van der Waals surface area contributed by atoms with Crippen LogP contribution in [0.3, 0.4) is 0 Å². The number of halogens is 1. The van der Waals surface area contributed by atoms with E-state index in [-0.39, 0.29) is 5.91 Å². The van der Waals surface area contributed by atoms with E-state index < -0.39 is 0 Å². The van der Waals surface area contributed by atoms with Crippen LogP contribution in [0.5, 0.6) is 5.75 Å². The highest BCUT2D eigenvalue weighted by Gasteiger charge is 2.10. The molecule has 0 aliphatic rings. The maximum absolute atomic E-state index is 11.3. The number of fused-ring (bicyclic) bond motifs is 1. The van der Waals surface area contributed by atoms with E-state index in [4.69, 9.17) is 21.3 Å². The highest BCUT2D eigenvalue weighted by molar-refractivity contribution is 6.32. The van der Waals surface area contributed by atoms with Gasteiger partial charge in [0, 0.05) is 19.5 Å². The molecule has 0 atom stereocenters. The fraction of sp³-hybridized carbons (Fsp3) is 0.238. The van der Waals surface area contributed by atoms with Gasteiger partial charge in [-0.25, -0.2) is 4.98 Å². The minimum Gasteiger partial charge on any atom is -0.492 e. The van der Waals surface area contributed by atoms with Gasteiger partial charge in [-0.3, -0.25) is 4.79 Å². The van der Waals surface area contributed by atoms with E-state index in [2.05, 4.69) is 22.5 Å². The smallest absolute Gasteiger partial charge is 0.243 e. The number of ether oxygens (including phenoxy) is 1. The lowest BCUT2D eigenvalue weighted by molar-refractivity contribution is -0.116. The molecule has 3 aromatic rings. The summed E-state index contributed by atoms with van der Waals surface area (Å²) in [6.07, 6.45) is 2.74. The molecule has 1 amide bonds. The van der Waals surface area contributed by atoms with E-state index in [9.17, 15) is 4.79 Å². The number of carbonyl (C=O) groups is 1. The molecule has 0 radical (unpaired) electrons. The van der Waals surface area contributed by atoms with Crippen molar-refractivity contribution in [2.75, 3.05) is 13.2 Å². The van der Waals surface area contributed by atoms with Gasteiger partial charge >= 0.3 is 0 Å². The van der Waals surface area contributed by atoms with Crippen LogP contribution < -0.4 is 10.1 Å². The monoisotopic (exact) mass is 383 g/mol. The van der Waals surface area contributed by atoms with Crippen LogP contribution in [-0.4, -0.2) is 28.6 Å². The SMILES string of the molecule is C=CC(=O)NCCc1nc2ccccc2n1CCCOc1ccccc1Cl. The van der Waals surface area contributed by atoms with Crippen LogP contribution in [0.15, 0.2) is 61.2 Å². The van der Waals surface area contributed by atoms with Gasteiger partial charge in [-0.1, -0.05) is 42.4 Å². The maximum Gasteiger partial charge on any atom is 0.243 e. The van der Waals surface area contributed by atoms with Gasteiger partial charge < -0.3 is 14.6 Å². The molecule has 0 saturated heterocycles. The third-order valence-corrected chi connectivity index (χ3v) is 4.50. The van der Waals surface area contributed by atoms with Crippen LogP contribution in [0.2, 0.25) is 5.02 Å². The van der Waals surface area contributed by atoms with E-state index in [1.807, 2.05) is 42.5 Å². The Morgan fingerprint density at radius 3 is 2.81 bits per heavy atom. The molecule has 0 fully saturated rings. The zero-order chi connectivity index (χ0) is 19.1. The number of aromatic nitrogens is 2. The van der Waals surface area contributed by atoms with Crippen molar-refractivity contribution in [1.82, 2.24) is 14.9 Å². The van der Waals surface area contributed by atoms with Crippen molar-refractivity contribution in [2.45, 2.75) is 19.4 Å². The summed E-state index contributed by atoms with van der Waals surface area (Å²) in [5.41, 5.74) is 2.04. The van der Waals surface area contributed by atoms with Gasteiger partial charge in [0.1, 0.15) is 11.6 Å². The first-order valence-electron chi connectivity index (χ1n) is 8.91. The van der Waals surface area contributed by atoms with Gasteiger partial charge in [-0.2, -0.15) is 0 Å². The molecule has 1 N–H and O–H groups in total. The molecule has 0 saturated carbocycles. The first kappa shape index (κ1) is 19.0. The van der Waals surface area contributed by atoms with Crippen molar-refractivity contribution in [1.29, 1.82) is 0 Å². The Labute approximate surface area is 163 Å². The second-order valence-electron chi connectivity index (χ2n) is 6.05. The standard InChI is InChI=1S/C21H22ClN3O2/c1-2-21(26)23-13-12-20-24-17-9-4-5-10-18(17)25(20)14-7-15-27-19-11-6-3-8-16(19)22/h2-6,8-11H,1,7,12-15H2,(H,23,26). The van der Waals surface area contributed by atoms with Crippen molar-refractivity contribution in [2.24, 2.45) is 0 Å². The van der Waals surface area contributed by atoms with Crippen molar-refractivity contribution >= 4 is 28.5 Å². The summed E-state index contributed by atoms with van der Waals surface area (Å²) in [5, 5.41) is 3.41. The van der Waals surface area contributed by atoms with E-state index in [0.29, 0.717) is 30.3 Å². The molecule has 0 spiro atoms. The lowest BCUT2D eigenvalue weighted by Crippen LogP contribution is -2.24. The van der Waals surface area contributed by atoms with E-state index in [1.54, 1.807) is 0 Å². The number of carbonyl (C=O) groups excluding carboxylic acids is 1. The van der Waals surface area contributed by atoms with Crippen LogP contribution >= 0.6 is 11.6 Å². The van der Waals surface area contributed by atoms with Crippen LogP contribution in [0.4, 0.5) is 0 Å². The molecule has 0 aliphatic carbocycles. The van der Waals surface area contributed by atoms with Crippen LogP contribution in [0.1, 0.15) is 12.2 Å². The molecule has 2 aromatic carbocycles. The summed E-state index contributed by atoms with van der Waals surface area (Å²) in [6.45, 7) is 5.31. The van der Waals surface area contributed by atoms with Gasteiger partial charge in [0.15, 0.2) is 0 Å². The first-order chi connectivity index (χ1) is 13.2. The third-order valence-electron chi connectivity index (χ3n) is 4.19. The summed E-state index contributed by atoms with van der Waals surface area (Å²) in [5.74, 6) is 1.46. The van der Waals surface area contributed by atoms with Gasteiger partial charge in [-0.15, -0.1) is 0 Å². The quantitative estimate of drug-likeness (QED) is 0.448. The molecule has 5 nitrogen and oxygen atoms in total. The minimum absolute atomic E-state index is 0.175. The lowest BCUT2D eigenvalue weighted by Gasteiger charge is -2.11. The Hall–Kier alpha value is -2.79. The zero-order valence-electron chi connectivity index (χ0n) is 15.0. The zero-order valence-corrected chi connectivity index (χ0v) is 15.8.